The fourth-order valence-electron chi connectivity index (χ4n) is 5.61. The van der Waals surface area contributed by atoms with Crippen LogP contribution in [0.1, 0.15) is 0 Å². The van der Waals surface area contributed by atoms with Gasteiger partial charge in [-0.25, -0.2) is 9.97 Å². The third kappa shape index (κ3) is 5.17. The second kappa shape index (κ2) is 11.5. The molecule has 2 heterocycles. The van der Waals surface area contributed by atoms with Crippen molar-refractivity contribution in [1.82, 2.24) is 20.2 Å². The number of para-hydroxylation sites is 2. The summed E-state index contributed by atoms with van der Waals surface area (Å²) in [6.45, 7) is 0. The number of nitrogens with zero attached hydrogens (tertiary/aromatic N) is 4. The smallest absolute Gasteiger partial charge is 0.248 e. The van der Waals surface area contributed by atoms with Gasteiger partial charge in [-0.2, -0.15) is 0 Å². The van der Waals surface area contributed by atoms with Gasteiger partial charge in [-0.3, -0.25) is 0 Å². The molecule has 0 fully saturated rings. The van der Waals surface area contributed by atoms with Crippen LogP contribution in [0.4, 0.5) is 0 Å². The predicted molar refractivity (Wildman–Crippen MR) is 180 cm³/mol. The number of aromatic nitrogens is 4. The lowest BCUT2D eigenvalue weighted by atomic mass is 9.94. The van der Waals surface area contributed by atoms with Gasteiger partial charge in [0.1, 0.15) is 0 Å². The second-order valence-corrected chi connectivity index (χ2v) is 10.8. The van der Waals surface area contributed by atoms with Gasteiger partial charge in [-0.1, -0.05) is 121 Å². The molecule has 8 aromatic rings. The first-order valence-corrected chi connectivity index (χ1v) is 14.8. The minimum absolute atomic E-state index is 0.494. The molecule has 0 aliphatic heterocycles. The van der Waals surface area contributed by atoms with E-state index in [2.05, 4.69) is 95.1 Å². The van der Waals surface area contributed by atoms with Crippen LogP contribution in [0.3, 0.4) is 0 Å². The Balaban J connectivity index is 1.14. The fourth-order valence-corrected chi connectivity index (χ4v) is 5.61. The maximum atomic E-state index is 5.95. The van der Waals surface area contributed by atoms with Crippen molar-refractivity contribution >= 4 is 11.0 Å². The third-order valence-electron chi connectivity index (χ3n) is 7.91. The Bertz CT molecular complexity index is 2240. The monoisotopic (exact) mass is 578 g/mol. The molecule has 0 amide bonds. The summed E-state index contributed by atoms with van der Waals surface area (Å²) >= 11 is 0. The van der Waals surface area contributed by atoms with Gasteiger partial charge in [0.15, 0.2) is 0 Å². The Morgan fingerprint density at radius 1 is 0.311 bits per heavy atom. The molecule has 0 atom stereocenters. The SMILES string of the molecule is c1ccc(-c2nnc(-c3ccc(-c4ccc(-c5nc6ccccc6nc5-c5ccccc5-c5ccccc5)cc4)cc3)o2)cc1. The number of rotatable bonds is 6. The first-order valence-electron chi connectivity index (χ1n) is 14.8. The summed E-state index contributed by atoms with van der Waals surface area (Å²) < 4.78 is 5.95. The molecule has 0 aliphatic rings. The van der Waals surface area contributed by atoms with E-state index in [0.29, 0.717) is 11.8 Å². The highest BCUT2D eigenvalue weighted by atomic mass is 16.4. The van der Waals surface area contributed by atoms with Crippen LogP contribution in [0.25, 0.3) is 78.7 Å². The van der Waals surface area contributed by atoms with Crippen molar-refractivity contribution < 1.29 is 4.42 Å². The first-order chi connectivity index (χ1) is 22.3. The van der Waals surface area contributed by atoms with Crippen LogP contribution < -0.4 is 0 Å². The van der Waals surface area contributed by atoms with Crippen molar-refractivity contribution in [3.63, 3.8) is 0 Å². The molecule has 45 heavy (non-hydrogen) atoms. The van der Waals surface area contributed by atoms with Crippen molar-refractivity contribution in [2.24, 2.45) is 0 Å². The Morgan fingerprint density at radius 3 is 1.33 bits per heavy atom. The lowest BCUT2D eigenvalue weighted by Crippen LogP contribution is -1.97. The molecule has 0 aliphatic carbocycles. The van der Waals surface area contributed by atoms with Gasteiger partial charge in [0.05, 0.1) is 22.4 Å². The van der Waals surface area contributed by atoms with E-state index < -0.39 is 0 Å². The van der Waals surface area contributed by atoms with E-state index in [1.807, 2.05) is 72.8 Å². The Hall–Kier alpha value is -6.20. The zero-order valence-electron chi connectivity index (χ0n) is 24.2. The summed E-state index contributed by atoms with van der Waals surface area (Å²) in [5, 5.41) is 8.49. The van der Waals surface area contributed by atoms with Crippen molar-refractivity contribution in [1.29, 1.82) is 0 Å². The minimum Gasteiger partial charge on any atom is -0.416 e. The van der Waals surface area contributed by atoms with Crippen LogP contribution in [0.2, 0.25) is 0 Å². The molecular formula is C40H26N4O. The lowest BCUT2D eigenvalue weighted by Gasteiger charge is -2.15. The largest absolute Gasteiger partial charge is 0.416 e. The highest BCUT2D eigenvalue weighted by molar-refractivity contribution is 5.92. The number of fused-ring (bicyclic) bond motifs is 1. The van der Waals surface area contributed by atoms with E-state index in [-0.39, 0.29) is 0 Å². The van der Waals surface area contributed by atoms with E-state index >= 15 is 0 Å². The Labute approximate surface area is 260 Å². The van der Waals surface area contributed by atoms with Gasteiger partial charge in [0, 0.05) is 22.3 Å². The molecule has 0 N–H and O–H groups in total. The van der Waals surface area contributed by atoms with Gasteiger partial charge in [0.2, 0.25) is 11.8 Å². The Morgan fingerprint density at radius 2 is 0.733 bits per heavy atom. The number of benzene rings is 6. The van der Waals surface area contributed by atoms with Crippen molar-refractivity contribution in [2.45, 2.75) is 0 Å². The number of hydrogen-bond donors (Lipinski definition) is 0. The van der Waals surface area contributed by atoms with Crippen LogP contribution in [0.15, 0.2) is 162 Å². The summed E-state index contributed by atoms with van der Waals surface area (Å²) in [5.41, 5.74) is 11.7. The van der Waals surface area contributed by atoms with Crippen LogP contribution in [0.5, 0.6) is 0 Å². The van der Waals surface area contributed by atoms with E-state index in [1.54, 1.807) is 0 Å². The first kappa shape index (κ1) is 26.4. The van der Waals surface area contributed by atoms with E-state index in [9.17, 15) is 0 Å². The normalized spacial score (nSPS) is 11.1. The highest BCUT2D eigenvalue weighted by Gasteiger charge is 2.17. The van der Waals surface area contributed by atoms with Gasteiger partial charge >= 0.3 is 0 Å². The summed E-state index contributed by atoms with van der Waals surface area (Å²) in [6, 6.07) is 53.4. The molecular weight excluding hydrogens is 552 g/mol. The standard InChI is InChI=1S/C40H26N4O/c1-3-11-29(12-4-1)33-15-7-8-16-34(33)38-37(41-35-17-9-10-18-36(35)42-38)30-23-19-27(20-24-30)28-21-25-32(26-22-28)40-44-43-39(45-40)31-13-5-2-6-14-31/h1-26H. The van der Waals surface area contributed by atoms with Crippen molar-refractivity contribution in [3.05, 3.63) is 158 Å². The van der Waals surface area contributed by atoms with Crippen molar-refractivity contribution in [2.75, 3.05) is 0 Å². The summed E-state index contributed by atoms with van der Waals surface area (Å²) in [7, 11) is 0. The van der Waals surface area contributed by atoms with Gasteiger partial charge in [-0.15, -0.1) is 10.2 Å². The van der Waals surface area contributed by atoms with Gasteiger partial charge in [0.25, 0.3) is 0 Å². The molecule has 0 radical (unpaired) electrons. The quantitative estimate of drug-likeness (QED) is 0.196. The molecule has 212 valence electrons. The average Bonchev–Trinajstić information content (AvgIpc) is 3.63. The summed E-state index contributed by atoms with van der Waals surface area (Å²) in [6.07, 6.45) is 0. The fraction of sp³-hybridized carbons (Fsp3) is 0. The summed E-state index contributed by atoms with van der Waals surface area (Å²) in [5.74, 6) is 1.00. The molecule has 5 heteroatoms. The molecule has 2 aromatic heterocycles. The second-order valence-electron chi connectivity index (χ2n) is 10.8. The van der Waals surface area contributed by atoms with Gasteiger partial charge in [-0.05, 0) is 58.7 Å². The zero-order chi connectivity index (χ0) is 30.0. The van der Waals surface area contributed by atoms with Crippen LogP contribution in [0, 0.1) is 0 Å². The van der Waals surface area contributed by atoms with E-state index in [4.69, 9.17) is 14.4 Å². The third-order valence-corrected chi connectivity index (χ3v) is 7.91. The zero-order valence-corrected chi connectivity index (χ0v) is 24.2. The maximum Gasteiger partial charge on any atom is 0.248 e. The molecule has 0 bridgehead atoms. The van der Waals surface area contributed by atoms with Gasteiger partial charge < -0.3 is 4.42 Å². The molecule has 0 saturated carbocycles. The van der Waals surface area contributed by atoms with Crippen LogP contribution in [-0.2, 0) is 0 Å². The summed E-state index contributed by atoms with van der Waals surface area (Å²) in [4.78, 5) is 10.3. The molecule has 0 unspecified atom stereocenters. The predicted octanol–water partition coefficient (Wildman–Crippen LogP) is 10.0. The number of hydrogen-bond acceptors (Lipinski definition) is 5. The van der Waals surface area contributed by atoms with Crippen molar-refractivity contribution in [3.8, 4) is 67.7 Å². The molecule has 5 nitrogen and oxygen atoms in total. The molecule has 8 rings (SSSR count). The van der Waals surface area contributed by atoms with E-state index in [0.717, 1.165) is 66.9 Å². The van der Waals surface area contributed by atoms with Crippen LogP contribution in [-0.4, -0.2) is 20.2 Å². The average molecular weight is 579 g/mol. The lowest BCUT2D eigenvalue weighted by molar-refractivity contribution is 0.584. The topological polar surface area (TPSA) is 64.7 Å². The highest BCUT2D eigenvalue weighted by Crippen LogP contribution is 2.37. The minimum atomic E-state index is 0.494. The molecule has 0 spiro atoms. The molecule has 6 aromatic carbocycles. The van der Waals surface area contributed by atoms with Crippen LogP contribution >= 0.6 is 0 Å². The molecule has 0 saturated heterocycles. The van der Waals surface area contributed by atoms with E-state index in [1.165, 1.54) is 0 Å². The maximum absolute atomic E-state index is 5.95. The Kier molecular flexibility index (Phi) is 6.74.